The van der Waals surface area contributed by atoms with E-state index in [9.17, 15) is 5.11 Å². The van der Waals surface area contributed by atoms with Crippen LogP contribution in [0, 0.1) is 0 Å². The van der Waals surface area contributed by atoms with Crippen LogP contribution in [0.2, 0.25) is 5.02 Å². The van der Waals surface area contributed by atoms with Gasteiger partial charge in [0, 0.05) is 5.41 Å². The third-order valence-electron chi connectivity index (χ3n) is 3.36. The van der Waals surface area contributed by atoms with E-state index in [1.54, 1.807) is 4.68 Å². The molecule has 1 saturated carbocycles. The van der Waals surface area contributed by atoms with Gasteiger partial charge in [0.25, 0.3) is 0 Å². The lowest BCUT2D eigenvalue weighted by Crippen LogP contribution is -2.21. The maximum absolute atomic E-state index is 9.91. The van der Waals surface area contributed by atoms with E-state index in [1.807, 2.05) is 0 Å². The monoisotopic (exact) mass is 257 g/mol. The minimum Gasteiger partial charge on any atom is -0.391 e. The van der Waals surface area contributed by atoms with Crippen LogP contribution in [0.3, 0.4) is 0 Å². The van der Waals surface area contributed by atoms with E-state index in [-0.39, 0.29) is 17.6 Å². The molecule has 17 heavy (non-hydrogen) atoms. The third-order valence-corrected chi connectivity index (χ3v) is 3.73. The predicted molar refractivity (Wildman–Crippen MR) is 69.2 cm³/mol. The standard InChI is InChI=1S/C12H20ClN3O/c1-12(2,3)10-9(13)11(14)16(15-10)7-5-4-6-8(7)17/h7-8,17H,4-6,14H2,1-3H3. The summed E-state index contributed by atoms with van der Waals surface area (Å²) in [6.07, 6.45) is 2.37. The highest BCUT2D eigenvalue weighted by molar-refractivity contribution is 6.33. The number of aromatic nitrogens is 2. The first-order valence-corrected chi connectivity index (χ1v) is 6.42. The van der Waals surface area contributed by atoms with Crippen LogP contribution < -0.4 is 5.73 Å². The molecule has 3 N–H and O–H groups in total. The first-order chi connectivity index (χ1) is 7.82. The van der Waals surface area contributed by atoms with Crippen LogP contribution in [0.25, 0.3) is 0 Å². The van der Waals surface area contributed by atoms with E-state index in [1.165, 1.54) is 0 Å². The number of aliphatic hydroxyl groups is 1. The summed E-state index contributed by atoms with van der Waals surface area (Å²) < 4.78 is 1.71. The summed E-state index contributed by atoms with van der Waals surface area (Å²) >= 11 is 6.23. The van der Waals surface area contributed by atoms with Gasteiger partial charge < -0.3 is 10.8 Å². The van der Waals surface area contributed by atoms with Gasteiger partial charge in [-0.1, -0.05) is 32.4 Å². The second-order valence-electron chi connectivity index (χ2n) is 5.81. The lowest BCUT2D eigenvalue weighted by atomic mass is 9.92. The Kier molecular flexibility index (Phi) is 3.12. The average molecular weight is 258 g/mol. The molecule has 5 heteroatoms. The molecule has 1 aromatic rings. The quantitative estimate of drug-likeness (QED) is 0.813. The van der Waals surface area contributed by atoms with Crippen molar-refractivity contribution in [2.45, 2.75) is 57.6 Å². The predicted octanol–water partition coefficient (Wildman–Crippen LogP) is 2.50. The van der Waals surface area contributed by atoms with Crippen molar-refractivity contribution in [3.8, 4) is 0 Å². The van der Waals surface area contributed by atoms with Gasteiger partial charge in [0.15, 0.2) is 0 Å². The highest BCUT2D eigenvalue weighted by Gasteiger charge is 2.32. The normalized spacial score (nSPS) is 25.5. The van der Waals surface area contributed by atoms with E-state index in [2.05, 4.69) is 25.9 Å². The van der Waals surface area contributed by atoms with Crippen LogP contribution in [0.4, 0.5) is 5.82 Å². The Morgan fingerprint density at radius 3 is 2.47 bits per heavy atom. The summed E-state index contributed by atoms with van der Waals surface area (Å²) in [4.78, 5) is 0. The molecule has 0 spiro atoms. The van der Waals surface area contributed by atoms with Crippen molar-refractivity contribution in [1.82, 2.24) is 9.78 Å². The maximum atomic E-state index is 9.91. The minimum atomic E-state index is -0.360. The molecule has 1 heterocycles. The van der Waals surface area contributed by atoms with Gasteiger partial charge in [0.1, 0.15) is 10.8 Å². The fraction of sp³-hybridized carbons (Fsp3) is 0.750. The number of nitrogen functional groups attached to an aromatic ring is 1. The van der Waals surface area contributed by atoms with Crippen molar-refractivity contribution in [2.24, 2.45) is 0 Å². The number of hydrogen-bond donors (Lipinski definition) is 2. The molecule has 1 aromatic heterocycles. The summed E-state index contributed by atoms with van der Waals surface area (Å²) in [6, 6.07) is -0.0244. The summed E-state index contributed by atoms with van der Waals surface area (Å²) in [5, 5.41) is 14.9. The highest BCUT2D eigenvalue weighted by Crippen LogP contribution is 2.38. The van der Waals surface area contributed by atoms with Crippen molar-refractivity contribution < 1.29 is 5.11 Å². The van der Waals surface area contributed by atoms with Crippen LogP contribution in [-0.2, 0) is 5.41 Å². The SMILES string of the molecule is CC(C)(C)c1nn(C2CCCC2O)c(N)c1Cl. The number of halogens is 1. The lowest BCUT2D eigenvalue weighted by molar-refractivity contribution is 0.131. The molecular weight excluding hydrogens is 238 g/mol. The second-order valence-corrected chi connectivity index (χ2v) is 6.19. The summed E-state index contributed by atoms with van der Waals surface area (Å²) in [6.45, 7) is 6.15. The Morgan fingerprint density at radius 2 is 2.06 bits per heavy atom. The van der Waals surface area contributed by atoms with E-state index < -0.39 is 0 Å². The Hall–Kier alpha value is -0.740. The van der Waals surface area contributed by atoms with Gasteiger partial charge in [-0.25, -0.2) is 4.68 Å². The van der Waals surface area contributed by atoms with E-state index >= 15 is 0 Å². The van der Waals surface area contributed by atoms with Crippen molar-refractivity contribution >= 4 is 17.4 Å². The number of aliphatic hydroxyl groups excluding tert-OH is 1. The molecular formula is C12H20ClN3O. The average Bonchev–Trinajstić information content (AvgIpc) is 2.73. The van der Waals surface area contributed by atoms with Crippen LogP contribution in [0.5, 0.6) is 0 Å². The first-order valence-electron chi connectivity index (χ1n) is 6.04. The maximum Gasteiger partial charge on any atom is 0.141 e. The number of anilines is 1. The van der Waals surface area contributed by atoms with Crippen LogP contribution >= 0.6 is 11.6 Å². The molecule has 1 fully saturated rings. The largest absolute Gasteiger partial charge is 0.391 e. The zero-order valence-electron chi connectivity index (χ0n) is 10.6. The second kappa shape index (κ2) is 4.18. The van der Waals surface area contributed by atoms with Crippen LogP contribution in [-0.4, -0.2) is 21.0 Å². The van der Waals surface area contributed by atoms with Gasteiger partial charge in [-0.05, 0) is 19.3 Å². The summed E-state index contributed by atoms with van der Waals surface area (Å²) in [5.41, 5.74) is 6.66. The molecule has 2 atom stereocenters. The Balaban J connectivity index is 2.43. The molecule has 0 bridgehead atoms. The van der Waals surface area contributed by atoms with Crippen molar-refractivity contribution in [3.05, 3.63) is 10.7 Å². The number of nitrogens with two attached hydrogens (primary N) is 1. The molecule has 0 aromatic carbocycles. The first kappa shape index (κ1) is 12.7. The number of nitrogens with zero attached hydrogens (tertiary/aromatic N) is 2. The van der Waals surface area contributed by atoms with Crippen molar-refractivity contribution in [3.63, 3.8) is 0 Å². The fourth-order valence-corrected chi connectivity index (χ4v) is 2.77. The molecule has 1 aliphatic carbocycles. The molecule has 0 amide bonds. The summed E-state index contributed by atoms with van der Waals surface area (Å²) in [5.74, 6) is 0.475. The molecule has 4 nitrogen and oxygen atoms in total. The third kappa shape index (κ3) is 2.16. The highest BCUT2D eigenvalue weighted by atomic mass is 35.5. The zero-order valence-corrected chi connectivity index (χ0v) is 11.3. The number of rotatable bonds is 1. The molecule has 0 radical (unpaired) electrons. The Morgan fingerprint density at radius 1 is 1.41 bits per heavy atom. The molecule has 0 aliphatic heterocycles. The van der Waals surface area contributed by atoms with Gasteiger partial charge in [0.05, 0.1) is 17.8 Å². The van der Waals surface area contributed by atoms with Gasteiger partial charge in [0.2, 0.25) is 0 Å². The smallest absolute Gasteiger partial charge is 0.141 e. The van der Waals surface area contributed by atoms with Gasteiger partial charge in [-0.3, -0.25) is 0 Å². The van der Waals surface area contributed by atoms with Gasteiger partial charge in [-0.15, -0.1) is 0 Å². The minimum absolute atomic E-state index is 0.0244. The zero-order chi connectivity index (χ0) is 12.8. The van der Waals surface area contributed by atoms with E-state index in [0.29, 0.717) is 10.8 Å². The molecule has 96 valence electrons. The van der Waals surface area contributed by atoms with Crippen LogP contribution in [0.15, 0.2) is 0 Å². The molecule has 2 rings (SSSR count). The Bertz CT molecular complexity index is 422. The number of hydrogen-bond acceptors (Lipinski definition) is 3. The van der Waals surface area contributed by atoms with Gasteiger partial charge in [-0.2, -0.15) is 5.10 Å². The van der Waals surface area contributed by atoms with Gasteiger partial charge >= 0.3 is 0 Å². The summed E-state index contributed by atoms with van der Waals surface area (Å²) in [7, 11) is 0. The fourth-order valence-electron chi connectivity index (χ4n) is 2.37. The van der Waals surface area contributed by atoms with Crippen LogP contribution in [0.1, 0.15) is 51.8 Å². The van der Waals surface area contributed by atoms with E-state index in [0.717, 1.165) is 25.0 Å². The topological polar surface area (TPSA) is 64.1 Å². The Labute approximate surface area is 107 Å². The lowest BCUT2D eigenvalue weighted by Gasteiger charge is -2.17. The van der Waals surface area contributed by atoms with E-state index in [4.69, 9.17) is 17.3 Å². The van der Waals surface area contributed by atoms with Crippen molar-refractivity contribution in [2.75, 3.05) is 5.73 Å². The molecule has 1 aliphatic rings. The van der Waals surface area contributed by atoms with Crippen molar-refractivity contribution in [1.29, 1.82) is 0 Å². The molecule has 0 saturated heterocycles. The molecule has 2 unspecified atom stereocenters.